The van der Waals surface area contributed by atoms with Crippen molar-refractivity contribution in [2.24, 2.45) is 17.2 Å². The van der Waals surface area contributed by atoms with E-state index < -0.39 is 111 Å². The number of aliphatic hydroxyl groups excluding tert-OH is 8. The summed E-state index contributed by atoms with van der Waals surface area (Å²) >= 11 is 0. The van der Waals surface area contributed by atoms with Gasteiger partial charge in [-0.15, -0.1) is 0 Å². The van der Waals surface area contributed by atoms with Crippen LogP contribution in [-0.4, -0.2) is 159 Å². The first-order valence-corrected chi connectivity index (χ1v) is 12.4. The average molecular weight is 560 g/mol. The molecule has 3 aliphatic heterocycles. The highest BCUT2D eigenvalue weighted by Crippen LogP contribution is 2.34. The van der Waals surface area contributed by atoms with Gasteiger partial charge in [-0.2, -0.15) is 0 Å². The first-order valence-electron chi connectivity index (χ1n) is 12.4. The minimum absolute atomic E-state index is 0.0525. The third-order valence-electron chi connectivity index (χ3n) is 6.97. The predicted octanol–water partition coefficient (Wildman–Crippen LogP) is -6.92. The quantitative estimate of drug-likeness (QED) is 0.118. The predicted molar refractivity (Wildman–Crippen MR) is 122 cm³/mol. The van der Waals surface area contributed by atoms with Gasteiger partial charge in [0, 0.05) is 6.61 Å². The van der Waals surface area contributed by atoms with E-state index in [1.807, 2.05) is 0 Å². The van der Waals surface area contributed by atoms with E-state index in [-0.39, 0.29) is 6.61 Å². The van der Waals surface area contributed by atoms with E-state index in [9.17, 15) is 40.9 Å². The first-order chi connectivity index (χ1) is 18.0. The minimum atomic E-state index is -2.08. The van der Waals surface area contributed by atoms with Crippen LogP contribution in [0.3, 0.4) is 0 Å². The van der Waals surface area contributed by atoms with Crippen LogP contribution < -0.4 is 17.2 Å². The lowest BCUT2D eigenvalue weighted by molar-refractivity contribution is -0.408. The fraction of sp³-hybridized carbons (Fsp3) is 1.00. The highest BCUT2D eigenvalue weighted by Gasteiger charge is 2.57. The van der Waals surface area contributed by atoms with Crippen molar-refractivity contribution in [3.8, 4) is 0 Å². The summed E-state index contributed by atoms with van der Waals surface area (Å²) in [7, 11) is 0. The summed E-state index contributed by atoms with van der Waals surface area (Å²) < 4.78 is 33.4. The summed E-state index contributed by atoms with van der Waals surface area (Å²) in [6.45, 7) is -0.436. The number of rotatable bonds is 10. The van der Waals surface area contributed by atoms with Crippen molar-refractivity contribution in [2.75, 3.05) is 26.4 Å². The average Bonchev–Trinajstić information content (AvgIpc) is 2.92. The lowest BCUT2D eigenvalue weighted by Crippen LogP contribution is -2.72. The molecule has 0 amide bonds. The topological polar surface area (TPSA) is 295 Å². The first kappa shape index (κ1) is 31.8. The number of ether oxygens (including phenoxy) is 6. The van der Waals surface area contributed by atoms with Crippen molar-refractivity contribution in [3.05, 3.63) is 0 Å². The normalized spacial score (nSPS) is 50.2. The zero-order valence-corrected chi connectivity index (χ0v) is 20.9. The fourth-order valence-electron chi connectivity index (χ4n) is 4.62. The third kappa shape index (κ3) is 6.14. The van der Waals surface area contributed by atoms with E-state index in [0.717, 1.165) is 0 Å². The van der Waals surface area contributed by atoms with E-state index in [0.29, 0.717) is 6.42 Å². The Kier molecular flexibility index (Phi) is 11.2. The Labute approximate surface area is 218 Å². The number of aliphatic hydroxyl groups is 8. The van der Waals surface area contributed by atoms with Crippen LogP contribution in [0, 0.1) is 0 Å². The van der Waals surface area contributed by atoms with Crippen molar-refractivity contribution >= 4 is 0 Å². The van der Waals surface area contributed by atoms with E-state index in [1.165, 1.54) is 0 Å². The van der Waals surface area contributed by atoms with Gasteiger partial charge in [0.1, 0.15) is 55.4 Å². The molecule has 38 heavy (non-hydrogen) atoms. The van der Waals surface area contributed by atoms with Crippen LogP contribution in [0.1, 0.15) is 13.3 Å². The van der Waals surface area contributed by atoms with Gasteiger partial charge >= 0.3 is 0 Å². The van der Waals surface area contributed by atoms with Crippen molar-refractivity contribution in [2.45, 2.75) is 105 Å². The van der Waals surface area contributed by atoms with Crippen molar-refractivity contribution in [1.82, 2.24) is 0 Å². The second-order valence-corrected chi connectivity index (χ2v) is 9.63. The molecule has 0 aromatic carbocycles. The summed E-state index contributed by atoms with van der Waals surface area (Å²) in [5.41, 5.74) is 17.8. The highest BCUT2D eigenvalue weighted by atomic mass is 16.8. The van der Waals surface area contributed by atoms with Crippen LogP contribution in [0.5, 0.6) is 0 Å². The molecule has 14 N–H and O–H groups in total. The van der Waals surface area contributed by atoms with Gasteiger partial charge in [-0.1, -0.05) is 6.92 Å². The summed E-state index contributed by atoms with van der Waals surface area (Å²) in [6.07, 6.45) is -15.9. The maximum Gasteiger partial charge on any atom is 0.223 e. The molecule has 17 nitrogen and oxygen atoms in total. The molecule has 0 spiro atoms. The Morgan fingerprint density at radius 2 is 1.26 bits per heavy atom. The van der Waals surface area contributed by atoms with Crippen LogP contribution in [0.15, 0.2) is 0 Å². The maximum atomic E-state index is 11.0. The molecule has 17 heteroatoms. The monoisotopic (exact) mass is 559 g/mol. The molecular formula is C21H41N3O14. The summed E-state index contributed by atoms with van der Waals surface area (Å²) in [6, 6.07) is -4.03. The second kappa shape index (κ2) is 13.3. The lowest BCUT2D eigenvalue weighted by Gasteiger charge is -2.50. The molecule has 0 aliphatic carbocycles. The molecule has 0 radical (unpaired) electrons. The standard InChI is InChI=1S/C21H41N3O14/c1-2-3-33-21(6-27)17(31)14(30)11(24)20(38-21)37-16-8(5-26)35-19(10(23)13(16)29)36-15-7(4-25)34-18(32)9(22)12(15)28/h7-20,25-32H,2-6,22-24H2,1H3/t7-,8-,9-,10-,11-,12-,13-,14-,15?,16?,17+,18-,19+,20+,21-/m1/s1. The zero-order chi connectivity index (χ0) is 28.4. The molecule has 0 aromatic rings. The molecule has 3 heterocycles. The Morgan fingerprint density at radius 3 is 1.82 bits per heavy atom. The molecule has 0 saturated carbocycles. The Hall–Kier alpha value is -0.680. The van der Waals surface area contributed by atoms with Crippen LogP contribution in [-0.2, 0) is 28.4 Å². The molecule has 3 fully saturated rings. The van der Waals surface area contributed by atoms with Crippen LogP contribution in [0.2, 0.25) is 0 Å². The highest BCUT2D eigenvalue weighted by molar-refractivity contribution is 5.00. The van der Waals surface area contributed by atoms with Gasteiger partial charge in [0.2, 0.25) is 5.79 Å². The van der Waals surface area contributed by atoms with Crippen molar-refractivity contribution < 1.29 is 69.3 Å². The smallest absolute Gasteiger partial charge is 0.223 e. The molecular weight excluding hydrogens is 518 g/mol. The van der Waals surface area contributed by atoms with Gasteiger partial charge < -0.3 is 86.5 Å². The van der Waals surface area contributed by atoms with Crippen molar-refractivity contribution in [3.63, 3.8) is 0 Å². The molecule has 15 atom stereocenters. The second-order valence-electron chi connectivity index (χ2n) is 9.63. The van der Waals surface area contributed by atoms with Crippen LogP contribution in [0.25, 0.3) is 0 Å². The Morgan fingerprint density at radius 1 is 0.737 bits per heavy atom. The van der Waals surface area contributed by atoms with Gasteiger partial charge in [-0.05, 0) is 6.42 Å². The van der Waals surface area contributed by atoms with Gasteiger partial charge in [0.05, 0.1) is 31.3 Å². The SMILES string of the molecule is CCCO[C@]1(CO)O[C@H](OC2[C@@H](CO)O[C@@H](OC3[C@@H](CO)O[C@@H](O)[C@H](N)[C@H]3O)[C@H](N)[C@H]2O)[C@H](N)[C@@H](O)[C@@H]1O. The van der Waals surface area contributed by atoms with E-state index in [4.69, 9.17) is 45.6 Å². The Balaban J connectivity index is 1.76. The largest absolute Gasteiger partial charge is 0.394 e. The lowest BCUT2D eigenvalue weighted by atomic mass is 9.93. The van der Waals surface area contributed by atoms with E-state index >= 15 is 0 Å². The maximum absolute atomic E-state index is 11.0. The van der Waals surface area contributed by atoms with Crippen LogP contribution >= 0.6 is 0 Å². The fourth-order valence-corrected chi connectivity index (χ4v) is 4.62. The molecule has 2 unspecified atom stereocenters. The number of nitrogens with two attached hydrogens (primary N) is 3. The van der Waals surface area contributed by atoms with Crippen LogP contribution in [0.4, 0.5) is 0 Å². The molecule has 3 saturated heterocycles. The molecule has 3 rings (SSSR count). The molecule has 3 aliphatic rings. The molecule has 224 valence electrons. The zero-order valence-electron chi connectivity index (χ0n) is 20.9. The summed E-state index contributed by atoms with van der Waals surface area (Å²) in [5.74, 6) is -2.08. The third-order valence-corrected chi connectivity index (χ3v) is 6.97. The van der Waals surface area contributed by atoms with E-state index in [2.05, 4.69) is 0 Å². The van der Waals surface area contributed by atoms with Gasteiger partial charge in [0.25, 0.3) is 0 Å². The number of hydrogen-bond donors (Lipinski definition) is 11. The van der Waals surface area contributed by atoms with E-state index in [1.54, 1.807) is 6.92 Å². The molecule has 0 aromatic heterocycles. The number of hydrogen-bond acceptors (Lipinski definition) is 17. The Bertz CT molecular complexity index is 739. The van der Waals surface area contributed by atoms with Crippen molar-refractivity contribution in [1.29, 1.82) is 0 Å². The van der Waals surface area contributed by atoms with Gasteiger partial charge in [0.15, 0.2) is 18.9 Å². The summed E-state index contributed by atoms with van der Waals surface area (Å²) in [4.78, 5) is 0. The van der Waals surface area contributed by atoms with Gasteiger partial charge in [-0.3, -0.25) is 0 Å². The molecule has 0 bridgehead atoms. The van der Waals surface area contributed by atoms with Gasteiger partial charge in [-0.25, -0.2) is 0 Å². The summed E-state index contributed by atoms with van der Waals surface area (Å²) in [5, 5.41) is 81.6. The minimum Gasteiger partial charge on any atom is -0.394 e.